The third-order valence-corrected chi connectivity index (χ3v) is 8.91. The van der Waals surface area contributed by atoms with Crippen molar-refractivity contribution in [2.45, 2.75) is 51.7 Å². The molecule has 1 aromatic carbocycles. The first-order chi connectivity index (χ1) is 8.31. The van der Waals surface area contributed by atoms with Crippen LogP contribution < -0.4 is 10.9 Å². The maximum absolute atomic E-state index is 6.35. The van der Waals surface area contributed by atoms with Crippen LogP contribution in [-0.2, 0) is 4.43 Å². The van der Waals surface area contributed by atoms with Gasteiger partial charge >= 0.3 is 0 Å². The SMILES string of the molecule is CC[C@@H](N)CO[Si@](C)(c1ccccc1)C(C)(C)C. The van der Waals surface area contributed by atoms with Crippen LogP contribution in [0.25, 0.3) is 0 Å². The third-order valence-electron chi connectivity index (χ3n) is 3.87. The van der Waals surface area contributed by atoms with Gasteiger partial charge in [-0.1, -0.05) is 58.0 Å². The summed E-state index contributed by atoms with van der Waals surface area (Å²) >= 11 is 0. The monoisotopic (exact) mass is 265 g/mol. The van der Waals surface area contributed by atoms with E-state index >= 15 is 0 Å². The van der Waals surface area contributed by atoms with Crippen molar-refractivity contribution in [3.8, 4) is 0 Å². The Labute approximate surface area is 113 Å². The van der Waals surface area contributed by atoms with E-state index in [-0.39, 0.29) is 11.1 Å². The zero-order valence-corrected chi connectivity index (χ0v) is 13.4. The van der Waals surface area contributed by atoms with Gasteiger partial charge in [0.15, 0.2) is 0 Å². The maximum Gasteiger partial charge on any atom is 0.226 e. The van der Waals surface area contributed by atoms with E-state index < -0.39 is 8.32 Å². The lowest BCUT2D eigenvalue weighted by atomic mass is 10.2. The van der Waals surface area contributed by atoms with Gasteiger partial charge in [-0.05, 0) is 23.2 Å². The molecular weight excluding hydrogens is 238 g/mol. The Kier molecular flexibility index (Phi) is 5.14. The molecule has 0 saturated heterocycles. The highest BCUT2D eigenvalue weighted by Crippen LogP contribution is 2.36. The van der Waals surface area contributed by atoms with Crippen LogP contribution in [0.3, 0.4) is 0 Å². The highest BCUT2D eigenvalue weighted by Gasteiger charge is 2.43. The molecule has 3 heteroatoms. The van der Waals surface area contributed by atoms with E-state index in [1.807, 2.05) is 0 Å². The Hall–Kier alpha value is -0.643. The Morgan fingerprint density at radius 2 is 1.78 bits per heavy atom. The van der Waals surface area contributed by atoms with E-state index in [2.05, 4.69) is 64.6 Å². The number of hydrogen-bond acceptors (Lipinski definition) is 2. The van der Waals surface area contributed by atoms with Gasteiger partial charge in [-0.15, -0.1) is 0 Å². The van der Waals surface area contributed by atoms with Crippen LogP contribution in [0.15, 0.2) is 30.3 Å². The van der Waals surface area contributed by atoms with Crippen LogP contribution in [-0.4, -0.2) is 21.0 Å². The number of benzene rings is 1. The maximum atomic E-state index is 6.35. The van der Waals surface area contributed by atoms with Crippen molar-refractivity contribution in [2.24, 2.45) is 5.73 Å². The standard InChI is InChI=1S/C15H27NOSi/c1-6-13(16)12-17-18(5,15(2,3)4)14-10-8-7-9-11-14/h7-11,13H,6,12,16H2,1-5H3/t13-,18-/m1/s1. The lowest BCUT2D eigenvalue weighted by molar-refractivity contribution is 0.265. The summed E-state index contributed by atoms with van der Waals surface area (Å²) in [5.74, 6) is 0. The smallest absolute Gasteiger partial charge is 0.226 e. The van der Waals surface area contributed by atoms with Gasteiger partial charge in [-0.25, -0.2) is 0 Å². The Morgan fingerprint density at radius 3 is 2.22 bits per heavy atom. The number of nitrogens with two attached hydrogens (primary N) is 1. The summed E-state index contributed by atoms with van der Waals surface area (Å²) in [6.45, 7) is 11.9. The molecule has 2 atom stereocenters. The van der Waals surface area contributed by atoms with E-state index in [1.54, 1.807) is 0 Å². The van der Waals surface area contributed by atoms with Crippen molar-refractivity contribution in [2.75, 3.05) is 6.61 Å². The van der Waals surface area contributed by atoms with Crippen LogP contribution in [0.4, 0.5) is 0 Å². The van der Waals surface area contributed by atoms with Crippen molar-refractivity contribution < 1.29 is 4.43 Å². The molecular formula is C15H27NOSi. The van der Waals surface area contributed by atoms with Gasteiger partial charge in [0, 0.05) is 12.6 Å². The van der Waals surface area contributed by atoms with E-state index in [0.29, 0.717) is 6.61 Å². The summed E-state index contributed by atoms with van der Waals surface area (Å²) in [5, 5.41) is 1.50. The largest absolute Gasteiger partial charge is 0.411 e. The van der Waals surface area contributed by atoms with Crippen LogP contribution >= 0.6 is 0 Å². The molecule has 2 nitrogen and oxygen atoms in total. The summed E-state index contributed by atoms with van der Waals surface area (Å²) in [6, 6.07) is 10.8. The van der Waals surface area contributed by atoms with Crippen molar-refractivity contribution in [3.05, 3.63) is 30.3 Å². The molecule has 0 fully saturated rings. The second-order valence-electron chi connectivity index (χ2n) is 6.13. The molecule has 0 heterocycles. The summed E-state index contributed by atoms with van der Waals surface area (Å²) in [4.78, 5) is 0. The predicted molar refractivity (Wildman–Crippen MR) is 81.6 cm³/mol. The average Bonchev–Trinajstić information content (AvgIpc) is 2.35. The molecule has 0 saturated carbocycles. The van der Waals surface area contributed by atoms with Gasteiger partial charge in [-0.2, -0.15) is 0 Å². The lowest BCUT2D eigenvalue weighted by Gasteiger charge is -2.40. The zero-order valence-electron chi connectivity index (χ0n) is 12.4. The molecule has 0 unspecified atom stereocenters. The van der Waals surface area contributed by atoms with Crippen LogP contribution in [0.5, 0.6) is 0 Å². The molecule has 0 aliphatic heterocycles. The third kappa shape index (κ3) is 3.43. The zero-order chi connectivity index (χ0) is 13.8. The van der Waals surface area contributed by atoms with Crippen LogP contribution in [0.2, 0.25) is 11.6 Å². The minimum absolute atomic E-state index is 0.142. The highest BCUT2D eigenvalue weighted by atomic mass is 28.4. The van der Waals surface area contributed by atoms with Gasteiger partial charge in [0.25, 0.3) is 0 Å². The molecule has 0 spiro atoms. The fourth-order valence-corrected chi connectivity index (χ4v) is 4.72. The Balaban J connectivity index is 2.97. The molecule has 0 aliphatic carbocycles. The van der Waals surface area contributed by atoms with Crippen molar-refractivity contribution in [1.29, 1.82) is 0 Å². The Morgan fingerprint density at radius 1 is 1.22 bits per heavy atom. The molecule has 0 bridgehead atoms. The quantitative estimate of drug-likeness (QED) is 0.831. The van der Waals surface area contributed by atoms with Gasteiger partial charge in [0.05, 0.1) is 0 Å². The second kappa shape index (κ2) is 6.00. The highest BCUT2D eigenvalue weighted by molar-refractivity contribution is 6.87. The topological polar surface area (TPSA) is 35.2 Å². The van der Waals surface area contributed by atoms with Crippen molar-refractivity contribution in [3.63, 3.8) is 0 Å². The average molecular weight is 265 g/mol. The van der Waals surface area contributed by atoms with Gasteiger partial charge in [0.1, 0.15) is 0 Å². The first-order valence-corrected chi connectivity index (χ1v) is 9.17. The predicted octanol–water partition coefficient (Wildman–Crippen LogP) is 3.02. The molecule has 0 radical (unpaired) electrons. The van der Waals surface area contributed by atoms with Crippen LogP contribution in [0, 0.1) is 0 Å². The molecule has 18 heavy (non-hydrogen) atoms. The van der Waals surface area contributed by atoms with E-state index in [0.717, 1.165) is 6.42 Å². The molecule has 0 amide bonds. The lowest BCUT2D eigenvalue weighted by Crippen LogP contribution is -2.56. The summed E-state index contributed by atoms with van der Waals surface area (Å²) in [5.41, 5.74) is 6.00. The molecule has 102 valence electrons. The molecule has 2 N–H and O–H groups in total. The minimum Gasteiger partial charge on any atom is -0.411 e. The molecule has 1 aromatic rings. The summed E-state index contributed by atoms with van der Waals surface area (Å²) in [7, 11) is -1.99. The van der Waals surface area contributed by atoms with E-state index in [9.17, 15) is 0 Å². The Bertz CT molecular complexity index is 361. The molecule has 0 aromatic heterocycles. The van der Waals surface area contributed by atoms with E-state index in [4.69, 9.17) is 10.2 Å². The van der Waals surface area contributed by atoms with Crippen molar-refractivity contribution >= 4 is 13.5 Å². The summed E-state index contributed by atoms with van der Waals surface area (Å²) < 4.78 is 6.35. The van der Waals surface area contributed by atoms with Crippen molar-refractivity contribution in [1.82, 2.24) is 0 Å². The fraction of sp³-hybridized carbons (Fsp3) is 0.600. The minimum atomic E-state index is -1.99. The number of rotatable bonds is 5. The fourth-order valence-electron chi connectivity index (χ4n) is 1.88. The molecule has 1 rings (SSSR count). The first kappa shape index (κ1) is 15.4. The first-order valence-electron chi connectivity index (χ1n) is 6.76. The van der Waals surface area contributed by atoms with Gasteiger partial charge in [0.2, 0.25) is 8.32 Å². The summed E-state index contributed by atoms with van der Waals surface area (Å²) in [6.07, 6.45) is 0.962. The normalized spacial score (nSPS) is 17.2. The molecule has 0 aliphatic rings. The van der Waals surface area contributed by atoms with Gasteiger partial charge < -0.3 is 10.2 Å². The van der Waals surface area contributed by atoms with Gasteiger partial charge in [-0.3, -0.25) is 0 Å². The van der Waals surface area contributed by atoms with Crippen LogP contribution in [0.1, 0.15) is 34.1 Å². The number of hydrogen-bond donors (Lipinski definition) is 1. The second-order valence-corrected chi connectivity index (χ2v) is 10.6. The van der Waals surface area contributed by atoms with E-state index in [1.165, 1.54) is 5.19 Å².